The first-order valence-corrected chi connectivity index (χ1v) is 22.2. The molecular formula is C49H55NO8S. The third-order valence-corrected chi connectivity index (χ3v) is 13.6. The quantitative estimate of drug-likeness (QED) is 0.0438. The van der Waals surface area contributed by atoms with Gasteiger partial charge in [0.1, 0.15) is 23.5 Å². The molecule has 1 saturated heterocycles. The number of ether oxygens (including phenoxy) is 4. The Hall–Kier alpha value is -4.45. The molecule has 9 nitrogen and oxygen atoms in total. The molecule has 0 bridgehead atoms. The zero-order valence-corrected chi connectivity index (χ0v) is 34.4. The Kier molecular flexibility index (Phi) is 13.5. The second-order valence-electron chi connectivity index (χ2n) is 16.1. The number of aldehydes is 1. The van der Waals surface area contributed by atoms with E-state index in [0.29, 0.717) is 42.9 Å². The Bertz CT molecular complexity index is 2150. The molecule has 8 rings (SSSR count). The molecule has 2 fully saturated rings. The van der Waals surface area contributed by atoms with E-state index in [-0.39, 0.29) is 48.7 Å². The number of carbonyl (C=O) groups is 1. The normalized spacial score (nSPS) is 26.6. The summed E-state index contributed by atoms with van der Waals surface area (Å²) in [5.41, 5.74) is 3.50. The number of aliphatic hydroxyl groups excluding tert-OH is 2. The van der Waals surface area contributed by atoms with E-state index in [1.165, 1.54) is 5.39 Å². The molecule has 0 amide bonds. The molecular weight excluding hydrogens is 763 g/mol. The summed E-state index contributed by atoms with van der Waals surface area (Å²) < 4.78 is 27.0. The predicted octanol–water partition coefficient (Wildman–Crippen LogP) is 10.4. The van der Waals surface area contributed by atoms with Crippen LogP contribution in [0.1, 0.15) is 86.0 Å². The van der Waals surface area contributed by atoms with Gasteiger partial charge in [0.05, 0.1) is 30.1 Å². The molecule has 0 aromatic heterocycles. The lowest BCUT2D eigenvalue weighted by molar-refractivity contribution is -0.223. The minimum absolute atomic E-state index is 0.0950. The van der Waals surface area contributed by atoms with Crippen LogP contribution in [-0.2, 0) is 14.3 Å². The highest BCUT2D eigenvalue weighted by molar-refractivity contribution is 8.00. The van der Waals surface area contributed by atoms with Gasteiger partial charge in [0.15, 0.2) is 0 Å². The molecule has 1 saturated carbocycles. The van der Waals surface area contributed by atoms with Crippen molar-refractivity contribution in [2.24, 2.45) is 22.9 Å². The molecule has 4 aliphatic rings. The average Bonchev–Trinajstić information content (AvgIpc) is 3.27. The van der Waals surface area contributed by atoms with Crippen LogP contribution in [0.5, 0.6) is 17.2 Å². The Morgan fingerprint density at radius 3 is 2.53 bits per heavy atom. The fourth-order valence-electron chi connectivity index (χ4n) is 9.60. The number of oxime groups is 1. The van der Waals surface area contributed by atoms with Crippen molar-refractivity contribution in [3.8, 4) is 17.2 Å². The fraction of sp³-hybridized carbons (Fsp3) is 0.429. The number of aliphatic hydroxyl groups is 2. The van der Waals surface area contributed by atoms with Gasteiger partial charge in [-0.05, 0) is 109 Å². The van der Waals surface area contributed by atoms with Gasteiger partial charge in [0.2, 0.25) is 12.1 Å². The van der Waals surface area contributed by atoms with Crippen molar-refractivity contribution in [3.05, 3.63) is 120 Å². The number of carbonyl (C=O) groups excluding carboxylic acids is 1. The molecule has 2 aliphatic heterocycles. The van der Waals surface area contributed by atoms with Crippen LogP contribution in [0.25, 0.3) is 10.8 Å². The van der Waals surface area contributed by atoms with Crippen LogP contribution in [0.15, 0.2) is 119 Å². The number of fused-ring (bicyclic) bond motifs is 3. The van der Waals surface area contributed by atoms with Gasteiger partial charge < -0.3 is 34.0 Å². The Labute approximate surface area is 351 Å². The fourth-order valence-corrected chi connectivity index (χ4v) is 10.9. The number of nitrogens with zero attached hydrogens (tertiary/aromatic N) is 1. The minimum Gasteiger partial charge on any atom is -0.460 e. The first-order valence-electron chi connectivity index (χ1n) is 21.3. The molecule has 7 unspecified atom stereocenters. The van der Waals surface area contributed by atoms with Gasteiger partial charge in [-0.1, -0.05) is 72.6 Å². The Balaban J connectivity index is 1.30. The molecule has 59 heavy (non-hydrogen) atoms. The van der Waals surface area contributed by atoms with Crippen molar-refractivity contribution in [1.29, 1.82) is 0 Å². The molecule has 2 heterocycles. The molecule has 7 atom stereocenters. The van der Waals surface area contributed by atoms with Gasteiger partial charge in [-0.2, -0.15) is 0 Å². The molecule has 0 radical (unpaired) electrons. The summed E-state index contributed by atoms with van der Waals surface area (Å²) >= 11 is 1.75. The lowest BCUT2D eigenvalue weighted by atomic mass is 9.56. The van der Waals surface area contributed by atoms with Gasteiger partial charge in [-0.15, -0.1) is 18.3 Å². The summed E-state index contributed by atoms with van der Waals surface area (Å²) in [6.07, 6.45) is 12.9. The third kappa shape index (κ3) is 9.03. The van der Waals surface area contributed by atoms with Gasteiger partial charge in [0, 0.05) is 48.0 Å². The lowest BCUT2D eigenvalue weighted by Gasteiger charge is -2.58. The maximum absolute atomic E-state index is 11.6. The molecule has 0 spiro atoms. The van der Waals surface area contributed by atoms with Crippen molar-refractivity contribution in [1.82, 2.24) is 0 Å². The number of benzene rings is 4. The zero-order chi connectivity index (χ0) is 40.6. The number of allylic oxidation sites excluding steroid dienone is 1. The predicted molar refractivity (Wildman–Crippen MR) is 231 cm³/mol. The number of unbranched alkanes of at least 4 members (excludes halogenated alkanes) is 2. The monoisotopic (exact) mass is 817 g/mol. The topological polar surface area (TPSA) is 116 Å². The van der Waals surface area contributed by atoms with Crippen LogP contribution in [0.3, 0.4) is 0 Å². The standard InChI is InChI=1S/C49H55NO8S/c1-2-25-55-49-45(59-39-21-19-34-13-3-4-14-35(34)28-39)31-43(50-58-46-18-7-10-26-54-46)41-29-36(15-5-8-23-51)40(17-6-9-24-52)47(48(41)49)42-30-38(20-22-44(42)57-49)56-37-16-11-12-33(27-37)32-53/h2-4,11-14,16,19-22,27-30,32,36,40,45-48,51-52H,1,5-10,15,17-18,23-26,31H2. The van der Waals surface area contributed by atoms with Crippen LogP contribution in [0, 0.1) is 17.8 Å². The SMILES string of the molecule is C=CCOC12Oc3ccc(Oc4cccc(C=O)c4)cc3C3C(CCCCO)C(CCCCO)C=C(C(=NOC4CCCCO4)CC1Sc1ccc4ccccc4c1)C32. The summed E-state index contributed by atoms with van der Waals surface area (Å²) in [6.45, 7) is 5.28. The van der Waals surface area contributed by atoms with Gasteiger partial charge in [-0.3, -0.25) is 4.79 Å². The highest BCUT2D eigenvalue weighted by atomic mass is 32.2. The number of hydrogen-bond donors (Lipinski definition) is 2. The second kappa shape index (κ2) is 19.3. The van der Waals surface area contributed by atoms with Gasteiger partial charge >= 0.3 is 0 Å². The van der Waals surface area contributed by atoms with Crippen LogP contribution >= 0.6 is 11.8 Å². The molecule has 310 valence electrons. The second-order valence-corrected chi connectivity index (χ2v) is 17.3. The van der Waals surface area contributed by atoms with Crippen molar-refractivity contribution < 1.29 is 38.8 Å². The summed E-state index contributed by atoms with van der Waals surface area (Å²) in [5.74, 6) is 0.728. The van der Waals surface area contributed by atoms with E-state index in [0.717, 1.165) is 84.1 Å². The van der Waals surface area contributed by atoms with Gasteiger partial charge in [-0.25, -0.2) is 0 Å². The highest BCUT2D eigenvalue weighted by Crippen LogP contribution is 2.63. The van der Waals surface area contributed by atoms with E-state index in [1.54, 1.807) is 30.0 Å². The maximum atomic E-state index is 11.6. The van der Waals surface area contributed by atoms with Crippen LogP contribution in [0.4, 0.5) is 0 Å². The maximum Gasteiger partial charge on any atom is 0.231 e. The smallest absolute Gasteiger partial charge is 0.231 e. The zero-order valence-electron chi connectivity index (χ0n) is 33.6. The van der Waals surface area contributed by atoms with E-state index in [9.17, 15) is 15.0 Å². The first kappa shape index (κ1) is 41.3. The summed E-state index contributed by atoms with van der Waals surface area (Å²) in [4.78, 5) is 19.0. The Morgan fingerprint density at radius 1 is 0.898 bits per heavy atom. The van der Waals surface area contributed by atoms with E-state index < -0.39 is 12.1 Å². The van der Waals surface area contributed by atoms with E-state index in [1.807, 2.05) is 24.3 Å². The van der Waals surface area contributed by atoms with Crippen molar-refractivity contribution >= 4 is 34.5 Å². The minimum atomic E-state index is -1.12. The number of rotatable bonds is 18. The highest BCUT2D eigenvalue weighted by Gasteiger charge is 2.64. The largest absolute Gasteiger partial charge is 0.460 e. The first-order chi connectivity index (χ1) is 29.0. The third-order valence-electron chi connectivity index (χ3n) is 12.3. The number of hydrogen-bond acceptors (Lipinski definition) is 10. The van der Waals surface area contributed by atoms with Crippen molar-refractivity contribution in [3.63, 3.8) is 0 Å². The average molecular weight is 818 g/mol. The summed E-state index contributed by atoms with van der Waals surface area (Å²) in [5, 5.41) is 26.9. The lowest BCUT2D eigenvalue weighted by Crippen LogP contribution is -2.64. The van der Waals surface area contributed by atoms with E-state index in [4.69, 9.17) is 28.9 Å². The summed E-state index contributed by atoms with van der Waals surface area (Å²) in [7, 11) is 0. The van der Waals surface area contributed by atoms with Crippen molar-refractivity contribution in [2.75, 3.05) is 26.4 Å². The molecule has 4 aromatic rings. The molecule has 2 N–H and O–H groups in total. The molecule has 4 aromatic carbocycles. The van der Waals surface area contributed by atoms with Crippen LogP contribution in [-0.4, -0.2) is 66.0 Å². The van der Waals surface area contributed by atoms with Crippen molar-refractivity contribution in [2.45, 2.75) is 92.3 Å². The molecule has 2 aliphatic carbocycles. The Morgan fingerprint density at radius 2 is 1.73 bits per heavy atom. The van der Waals surface area contributed by atoms with Crippen LogP contribution < -0.4 is 9.47 Å². The summed E-state index contributed by atoms with van der Waals surface area (Å²) in [6, 6.07) is 28.2. The van der Waals surface area contributed by atoms with Crippen LogP contribution in [0.2, 0.25) is 0 Å². The van der Waals surface area contributed by atoms with E-state index in [2.05, 4.69) is 61.2 Å². The van der Waals surface area contributed by atoms with E-state index >= 15 is 0 Å². The number of thioether (sulfide) groups is 1. The molecule has 10 heteroatoms. The van der Waals surface area contributed by atoms with Gasteiger partial charge in [0.25, 0.3) is 0 Å².